The molecule has 1 saturated carbocycles. The second kappa shape index (κ2) is 6.07. The van der Waals surface area contributed by atoms with E-state index >= 15 is 0 Å². The van der Waals surface area contributed by atoms with Crippen LogP contribution in [0.4, 0.5) is 4.79 Å². The first-order chi connectivity index (χ1) is 8.29. The Bertz CT molecular complexity index is 310. The molecule has 1 rings (SSSR count). The fourth-order valence-electron chi connectivity index (χ4n) is 2.24. The average molecular weight is 256 g/mol. The molecule has 0 heterocycles. The maximum atomic E-state index is 11.6. The Morgan fingerprint density at radius 1 is 1.22 bits per heavy atom. The van der Waals surface area contributed by atoms with Gasteiger partial charge < -0.3 is 15.7 Å². The maximum Gasteiger partial charge on any atom is 0.314 e. The van der Waals surface area contributed by atoms with Gasteiger partial charge in [-0.1, -0.05) is 27.2 Å². The van der Waals surface area contributed by atoms with E-state index in [0.29, 0.717) is 13.1 Å². The predicted molar refractivity (Wildman–Crippen MR) is 69.3 cm³/mol. The number of carbonyl (C=O) groups is 2. The van der Waals surface area contributed by atoms with Crippen LogP contribution in [0, 0.1) is 17.3 Å². The molecule has 3 N–H and O–H groups in total. The van der Waals surface area contributed by atoms with Crippen molar-refractivity contribution in [3.8, 4) is 0 Å². The molecule has 5 nitrogen and oxygen atoms in total. The molecular formula is C13H24N2O3. The summed E-state index contributed by atoms with van der Waals surface area (Å²) in [6.45, 7) is 7.19. The summed E-state index contributed by atoms with van der Waals surface area (Å²) in [5, 5.41) is 14.6. The van der Waals surface area contributed by atoms with E-state index in [0.717, 1.165) is 19.3 Å². The van der Waals surface area contributed by atoms with Gasteiger partial charge in [-0.25, -0.2) is 4.79 Å². The fraction of sp³-hybridized carbons (Fsp3) is 0.846. The van der Waals surface area contributed by atoms with Crippen molar-refractivity contribution < 1.29 is 14.7 Å². The van der Waals surface area contributed by atoms with Crippen molar-refractivity contribution in [1.29, 1.82) is 0 Å². The first-order valence-corrected chi connectivity index (χ1v) is 6.54. The second-order valence-electron chi connectivity index (χ2n) is 6.26. The van der Waals surface area contributed by atoms with Gasteiger partial charge in [0.05, 0.1) is 5.92 Å². The first-order valence-electron chi connectivity index (χ1n) is 6.54. The zero-order valence-electron chi connectivity index (χ0n) is 11.5. The number of hydrogen-bond acceptors (Lipinski definition) is 2. The molecule has 2 amide bonds. The standard InChI is InChI=1S/C13H24N2O3/c1-13(2,3)8-15-12(18)14-7-9-5-4-6-10(9)11(16)17/h9-10H,4-8H2,1-3H3,(H,16,17)(H2,14,15,18). The summed E-state index contributed by atoms with van der Waals surface area (Å²) in [5.41, 5.74) is 0.0499. The summed E-state index contributed by atoms with van der Waals surface area (Å²) in [5.74, 6) is -0.967. The summed E-state index contributed by atoms with van der Waals surface area (Å²) in [7, 11) is 0. The van der Waals surface area contributed by atoms with Gasteiger partial charge in [0.25, 0.3) is 0 Å². The zero-order valence-corrected chi connectivity index (χ0v) is 11.5. The van der Waals surface area contributed by atoms with Crippen molar-refractivity contribution in [2.24, 2.45) is 17.3 Å². The van der Waals surface area contributed by atoms with Crippen molar-refractivity contribution in [3.63, 3.8) is 0 Å². The summed E-state index contributed by atoms with van der Waals surface area (Å²) >= 11 is 0. The van der Waals surface area contributed by atoms with Crippen LogP contribution in [-0.2, 0) is 4.79 Å². The van der Waals surface area contributed by atoms with E-state index in [-0.39, 0.29) is 23.3 Å². The molecule has 18 heavy (non-hydrogen) atoms. The van der Waals surface area contributed by atoms with Gasteiger partial charge in [-0.15, -0.1) is 0 Å². The van der Waals surface area contributed by atoms with Gasteiger partial charge in [-0.05, 0) is 24.2 Å². The highest BCUT2D eigenvalue weighted by molar-refractivity contribution is 5.74. The molecule has 1 aliphatic carbocycles. The van der Waals surface area contributed by atoms with Crippen LogP contribution in [0.1, 0.15) is 40.0 Å². The SMILES string of the molecule is CC(C)(C)CNC(=O)NCC1CCCC1C(=O)O. The number of hydrogen-bond donors (Lipinski definition) is 3. The molecule has 1 fully saturated rings. The van der Waals surface area contributed by atoms with Crippen molar-refractivity contribution in [2.45, 2.75) is 40.0 Å². The Hall–Kier alpha value is -1.26. The topological polar surface area (TPSA) is 78.4 Å². The lowest BCUT2D eigenvalue weighted by molar-refractivity contribution is -0.142. The largest absolute Gasteiger partial charge is 0.481 e. The molecule has 5 heteroatoms. The number of carbonyl (C=O) groups excluding carboxylic acids is 1. The van der Waals surface area contributed by atoms with E-state index in [1.807, 2.05) is 20.8 Å². The number of nitrogens with one attached hydrogen (secondary N) is 2. The molecule has 0 aromatic rings. The monoisotopic (exact) mass is 256 g/mol. The highest BCUT2D eigenvalue weighted by Crippen LogP contribution is 2.31. The van der Waals surface area contributed by atoms with Crippen molar-refractivity contribution in [2.75, 3.05) is 13.1 Å². The van der Waals surface area contributed by atoms with E-state index in [2.05, 4.69) is 10.6 Å². The lowest BCUT2D eigenvalue weighted by Crippen LogP contribution is -2.42. The quantitative estimate of drug-likeness (QED) is 0.718. The van der Waals surface area contributed by atoms with Gasteiger partial charge in [0.2, 0.25) is 0 Å². The molecule has 0 radical (unpaired) electrons. The van der Waals surface area contributed by atoms with Gasteiger partial charge in [0.15, 0.2) is 0 Å². The average Bonchev–Trinajstić information content (AvgIpc) is 2.70. The molecule has 0 aromatic carbocycles. The number of rotatable bonds is 4. The molecule has 0 spiro atoms. The van der Waals surface area contributed by atoms with Gasteiger partial charge >= 0.3 is 12.0 Å². The van der Waals surface area contributed by atoms with Gasteiger partial charge in [0, 0.05) is 13.1 Å². The molecule has 0 saturated heterocycles. The van der Waals surface area contributed by atoms with Gasteiger partial charge in [-0.3, -0.25) is 4.79 Å². The minimum absolute atomic E-state index is 0.0499. The minimum Gasteiger partial charge on any atom is -0.481 e. The first kappa shape index (κ1) is 14.8. The minimum atomic E-state index is -0.741. The Morgan fingerprint density at radius 3 is 2.44 bits per heavy atom. The Morgan fingerprint density at radius 2 is 1.89 bits per heavy atom. The molecular weight excluding hydrogens is 232 g/mol. The number of aliphatic carboxylic acids is 1. The Kier molecular flexibility index (Phi) is 4.99. The summed E-state index contributed by atoms with van der Waals surface area (Å²) in [4.78, 5) is 22.5. The molecule has 0 bridgehead atoms. The van der Waals surface area contributed by atoms with E-state index in [4.69, 9.17) is 5.11 Å². The Balaban J connectivity index is 2.28. The van der Waals surface area contributed by atoms with Crippen molar-refractivity contribution in [1.82, 2.24) is 10.6 Å². The third kappa shape index (κ3) is 4.94. The molecule has 0 aromatic heterocycles. The molecule has 2 atom stereocenters. The van der Waals surface area contributed by atoms with Crippen LogP contribution < -0.4 is 10.6 Å². The predicted octanol–water partition coefficient (Wildman–Crippen LogP) is 1.83. The normalized spacial score (nSPS) is 23.7. The van der Waals surface area contributed by atoms with Crippen molar-refractivity contribution in [3.05, 3.63) is 0 Å². The smallest absolute Gasteiger partial charge is 0.314 e. The van der Waals surface area contributed by atoms with Crippen LogP contribution in [0.25, 0.3) is 0 Å². The fourth-order valence-corrected chi connectivity index (χ4v) is 2.24. The maximum absolute atomic E-state index is 11.6. The Labute approximate surface area is 108 Å². The van der Waals surface area contributed by atoms with Crippen LogP contribution in [0.15, 0.2) is 0 Å². The number of carboxylic acids is 1. The van der Waals surface area contributed by atoms with E-state index < -0.39 is 5.97 Å². The van der Waals surface area contributed by atoms with E-state index in [1.54, 1.807) is 0 Å². The van der Waals surface area contributed by atoms with Gasteiger partial charge in [0.1, 0.15) is 0 Å². The van der Waals surface area contributed by atoms with Crippen LogP contribution in [0.3, 0.4) is 0 Å². The van der Waals surface area contributed by atoms with Crippen LogP contribution in [0.5, 0.6) is 0 Å². The molecule has 2 unspecified atom stereocenters. The summed E-state index contributed by atoms with van der Waals surface area (Å²) in [6, 6.07) is -0.207. The van der Waals surface area contributed by atoms with Crippen LogP contribution in [-0.4, -0.2) is 30.2 Å². The lowest BCUT2D eigenvalue weighted by atomic mass is 9.96. The number of carboxylic acid groups (broad SMARTS) is 1. The number of urea groups is 1. The van der Waals surface area contributed by atoms with E-state index in [9.17, 15) is 9.59 Å². The highest BCUT2D eigenvalue weighted by Gasteiger charge is 2.32. The number of amides is 2. The molecule has 1 aliphatic rings. The highest BCUT2D eigenvalue weighted by atomic mass is 16.4. The van der Waals surface area contributed by atoms with Gasteiger partial charge in [-0.2, -0.15) is 0 Å². The third-order valence-corrected chi connectivity index (χ3v) is 3.28. The molecule has 104 valence electrons. The zero-order chi connectivity index (χ0) is 13.8. The van der Waals surface area contributed by atoms with Crippen LogP contribution >= 0.6 is 0 Å². The third-order valence-electron chi connectivity index (χ3n) is 3.28. The molecule has 0 aliphatic heterocycles. The second-order valence-corrected chi connectivity index (χ2v) is 6.26. The van der Waals surface area contributed by atoms with E-state index in [1.165, 1.54) is 0 Å². The van der Waals surface area contributed by atoms with Crippen LogP contribution in [0.2, 0.25) is 0 Å². The summed E-state index contributed by atoms with van der Waals surface area (Å²) < 4.78 is 0. The van der Waals surface area contributed by atoms with Crippen molar-refractivity contribution >= 4 is 12.0 Å². The lowest BCUT2D eigenvalue weighted by Gasteiger charge is -2.20. The summed E-state index contributed by atoms with van der Waals surface area (Å²) in [6.07, 6.45) is 2.55.